The van der Waals surface area contributed by atoms with Crippen LogP contribution in [0.2, 0.25) is 0 Å². The molecule has 1 N–H and O–H groups in total. The van der Waals surface area contributed by atoms with Gasteiger partial charge in [0.2, 0.25) is 0 Å². The van der Waals surface area contributed by atoms with E-state index in [0.717, 1.165) is 6.07 Å². The molecule has 1 aromatic carbocycles. The number of rotatable bonds is 6. The molecule has 0 radical (unpaired) electrons. The quantitative estimate of drug-likeness (QED) is 0.441. The Morgan fingerprint density at radius 3 is 2.57 bits per heavy atom. The molecule has 0 aliphatic rings. The van der Waals surface area contributed by atoms with Gasteiger partial charge >= 0.3 is 5.92 Å². The number of pyridine rings is 1. The van der Waals surface area contributed by atoms with Crippen molar-refractivity contribution >= 4 is 32.7 Å². The minimum absolute atomic E-state index is 0.0941. The van der Waals surface area contributed by atoms with E-state index in [1.807, 2.05) is 0 Å². The van der Waals surface area contributed by atoms with Gasteiger partial charge in [-0.25, -0.2) is 19.3 Å². The molecule has 0 amide bonds. The van der Waals surface area contributed by atoms with Crippen molar-refractivity contribution in [2.75, 3.05) is 12.4 Å². The van der Waals surface area contributed by atoms with Crippen LogP contribution in [-0.4, -0.2) is 27.7 Å². The lowest BCUT2D eigenvalue weighted by atomic mass is 9.90. The molecule has 0 bridgehead atoms. The van der Waals surface area contributed by atoms with E-state index in [9.17, 15) is 8.78 Å². The van der Waals surface area contributed by atoms with Crippen molar-refractivity contribution in [2.45, 2.75) is 45.3 Å². The summed E-state index contributed by atoms with van der Waals surface area (Å²) in [5, 5.41) is 3.80. The van der Waals surface area contributed by atoms with E-state index in [1.54, 1.807) is 26.1 Å². The molecule has 1 atom stereocenters. The molecule has 30 heavy (non-hydrogen) atoms. The average molecular weight is 483 g/mol. The van der Waals surface area contributed by atoms with Gasteiger partial charge in [0.25, 0.3) is 0 Å². The fourth-order valence-electron chi connectivity index (χ4n) is 3.09. The molecule has 0 saturated heterocycles. The Kier molecular flexibility index (Phi) is 6.06. The molecule has 0 saturated carbocycles. The number of hydrogen-bond acceptors (Lipinski definition) is 5. The van der Waals surface area contributed by atoms with Gasteiger partial charge in [0.15, 0.2) is 0 Å². The average Bonchev–Trinajstić information content (AvgIpc) is 2.68. The van der Waals surface area contributed by atoms with Crippen LogP contribution in [-0.2, 0) is 10.7 Å². The zero-order chi connectivity index (χ0) is 22.3. The number of halogens is 4. The van der Waals surface area contributed by atoms with E-state index in [1.165, 1.54) is 33.1 Å². The van der Waals surface area contributed by atoms with Crippen LogP contribution < -0.4 is 5.32 Å². The monoisotopic (exact) mass is 482 g/mol. The molecule has 3 aromatic rings. The summed E-state index contributed by atoms with van der Waals surface area (Å²) in [5.41, 5.74) is -1.88. The van der Waals surface area contributed by atoms with Crippen LogP contribution in [0, 0.1) is 12.7 Å². The van der Waals surface area contributed by atoms with Gasteiger partial charge in [-0.05, 0) is 55.8 Å². The van der Waals surface area contributed by atoms with Crippen LogP contribution in [0.5, 0.6) is 0 Å². The number of fused-ring (bicyclic) bond motifs is 1. The Morgan fingerprint density at radius 2 is 1.90 bits per heavy atom. The maximum absolute atomic E-state index is 15.2. The molecule has 5 nitrogen and oxygen atoms in total. The zero-order valence-electron chi connectivity index (χ0n) is 17.2. The van der Waals surface area contributed by atoms with Gasteiger partial charge in [0.1, 0.15) is 27.7 Å². The lowest BCUT2D eigenvalue weighted by Crippen LogP contribution is -2.43. The number of aromatic nitrogens is 3. The van der Waals surface area contributed by atoms with E-state index in [2.05, 4.69) is 36.2 Å². The third kappa shape index (κ3) is 4.00. The van der Waals surface area contributed by atoms with Crippen molar-refractivity contribution in [3.05, 3.63) is 57.8 Å². The molecule has 1 unspecified atom stereocenters. The Morgan fingerprint density at radius 1 is 1.20 bits per heavy atom. The number of anilines is 1. The summed E-state index contributed by atoms with van der Waals surface area (Å²) in [6.07, 6.45) is 1.60. The van der Waals surface area contributed by atoms with E-state index in [-0.39, 0.29) is 5.56 Å². The predicted octanol–water partition coefficient (Wildman–Crippen LogP) is 5.92. The number of methoxy groups -OCH3 is 1. The second-order valence-electron chi connectivity index (χ2n) is 7.51. The molecular weight excluding hydrogens is 461 g/mol. The van der Waals surface area contributed by atoms with Crippen LogP contribution in [0.1, 0.15) is 43.8 Å². The molecule has 0 fully saturated rings. The number of alkyl halides is 2. The van der Waals surface area contributed by atoms with Crippen LogP contribution in [0.4, 0.5) is 19.0 Å². The SMILES string of the molecule is COC(C)(C)C(F)(F)c1cccc(C(C)Nc2nc(C)nc3cnc(Br)cc23)c1F. The standard InChI is InChI=1S/C21H22BrF3N4O/c1-11(27-19-14-9-17(22)26-10-16(14)28-12(2)29-19)13-7-6-8-15(18(13)23)21(24,25)20(3,4)30-5/h6-11H,1-5H3,(H,27,28,29). The van der Waals surface area contributed by atoms with Crippen LogP contribution in [0.15, 0.2) is 35.1 Å². The van der Waals surface area contributed by atoms with E-state index in [4.69, 9.17) is 4.74 Å². The molecule has 0 aliphatic carbocycles. The summed E-state index contributed by atoms with van der Waals surface area (Å²) in [4.78, 5) is 12.9. The molecule has 2 heterocycles. The van der Waals surface area contributed by atoms with Gasteiger partial charge in [0, 0.05) is 18.1 Å². The second-order valence-corrected chi connectivity index (χ2v) is 8.32. The van der Waals surface area contributed by atoms with E-state index < -0.39 is 28.9 Å². The summed E-state index contributed by atoms with van der Waals surface area (Å²) in [5.74, 6) is -3.55. The van der Waals surface area contributed by atoms with Gasteiger partial charge < -0.3 is 10.1 Å². The Bertz CT molecular complexity index is 1090. The molecule has 2 aromatic heterocycles. The largest absolute Gasteiger partial charge is 0.372 e. The lowest BCUT2D eigenvalue weighted by Gasteiger charge is -2.33. The zero-order valence-corrected chi connectivity index (χ0v) is 18.8. The molecule has 9 heteroatoms. The van der Waals surface area contributed by atoms with Crippen molar-refractivity contribution in [1.29, 1.82) is 0 Å². The Balaban J connectivity index is 2.03. The first-order valence-electron chi connectivity index (χ1n) is 9.26. The van der Waals surface area contributed by atoms with E-state index in [0.29, 0.717) is 27.1 Å². The Labute approximate surface area is 181 Å². The number of nitrogens with zero attached hydrogens (tertiary/aromatic N) is 3. The summed E-state index contributed by atoms with van der Waals surface area (Å²) < 4.78 is 50.6. The van der Waals surface area contributed by atoms with Gasteiger partial charge in [-0.2, -0.15) is 8.78 Å². The van der Waals surface area contributed by atoms with Crippen molar-refractivity contribution in [2.24, 2.45) is 0 Å². The third-order valence-corrected chi connectivity index (χ3v) is 5.55. The van der Waals surface area contributed by atoms with Crippen LogP contribution in [0.3, 0.4) is 0 Å². The summed E-state index contributed by atoms with van der Waals surface area (Å²) in [6, 6.07) is 5.07. The van der Waals surface area contributed by atoms with Gasteiger partial charge in [0.05, 0.1) is 23.3 Å². The number of aryl methyl sites for hydroxylation is 1. The minimum atomic E-state index is -3.53. The topological polar surface area (TPSA) is 59.9 Å². The highest BCUT2D eigenvalue weighted by Crippen LogP contribution is 2.43. The summed E-state index contributed by atoms with van der Waals surface area (Å²) >= 11 is 3.31. The summed E-state index contributed by atoms with van der Waals surface area (Å²) in [6.45, 7) is 5.86. The number of nitrogens with one attached hydrogen (secondary N) is 1. The first kappa shape index (κ1) is 22.4. The highest BCUT2D eigenvalue weighted by molar-refractivity contribution is 9.10. The molecule has 0 spiro atoms. The van der Waals surface area contributed by atoms with Gasteiger partial charge in [-0.1, -0.05) is 12.1 Å². The molecule has 160 valence electrons. The van der Waals surface area contributed by atoms with E-state index >= 15 is 4.39 Å². The van der Waals surface area contributed by atoms with Gasteiger partial charge in [-0.3, -0.25) is 0 Å². The molecule has 0 aliphatic heterocycles. The van der Waals surface area contributed by atoms with Crippen LogP contribution >= 0.6 is 15.9 Å². The molecular formula is C21H22BrF3N4O. The number of benzene rings is 1. The third-order valence-electron chi connectivity index (χ3n) is 5.11. The fourth-order valence-corrected chi connectivity index (χ4v) is 3.43. The highest BCUT2D eigenvalue weighted by atomic mass is 79.9. The fraction of sp³-hybridized carbons (Fsp3) is 0.381. The van der Waals surface area contributed by atoms with Crippen molar-refractivity contribution in [3.8, 4) is 0 Å². The maximum atomic E-state index is 15.2. The van der Waals surface area contributed by atoms with Crippen molar-refractivity contribution in [1.82, 2.24) is 15.0 Å². The minimum Gasteiger partial charge on any atom is -0.372 e. The maximum Gasteiger partial charge on any atom is 0.303 e. The first-order valence-corrected chi connectivity index (χ1v) is 10.1. The summed E-state index contributed by atoms with van der Waals surface area (Å²) in [7, 11) is 1.18. The number of ether oxygens (including phenoxy) is 1. The van der Waals surface area contributed by atoms with Gasteiger partial charge in [-0.15, -0.1) is 0 Å². The number of hydrogen-bond donors (Lipinski definition) is 1. The predicted molar refractivity (Wildman–Crippen MR) is 113 cm³/mol. The van der Waals surface area contributed by atoms with Crippen LogP contribution in [0.25, 0.3) is 10.9 Å². The second kappa shape index (κ2) is 8.11. The van der Waals surface area contributed by atoms with Crippen molar-refractivity contribution < 1.29 is 17.9 Å². The highest BCUT2D eigenvalue weighted by Gasteiger charge is 2.50. The normalized spacial score (nSPS) is 13.5. The molecule has 3 rings (SSSR count). The van der Waals surface area contributed by atoms with Crippen molar-refractivity contribution in [3.63, 3.8) is 0 Å². The lowest BCUT2D eigenvalue weighted by molar-refractivity contribution is -0.186. The Hall–Kier alpha value is -2.26. The first-order chi connectivity index (χ1) is 14.0. The smallest absolute Gasteiger partial charge is 0.303 e.